The third-order valence-corrected chi connectivity index (χ3v) is 13.1. The largest absolute Gasteiger partial charge is 0.309 e. The zero-order valence-electron chi connectivity index (χ0n) is 32.5. The Morgan fingerprint density at radius 3 is 1.87 bits per heavy atom. The summed E-state index contributed by atoms with van der Waals surface area (Å²) in [6, 6.07) is 71.4. The van der Waals surface area contributed by atoms with Gasteiger partial charge in [-0.05, 0) is 58.7 Å². The van der Waals surface area contributed by atoms with Gasteiger partial charge in [-0.25, -0.2) is 9.98 Å². The Morgan fingerprint density at radius 1 is 0.483 bits per heavy atom. The summed E-state index contributed by atoms with van der Waals surface area (Å²) < 4.78 is 4.88. The molecule has 1 aliphatic heterocycles. The average molecular weight is 785 g/mol. The molecule has 1 aliphatic rings. The molecule has 1 unspecified atom stereocenters. The molecule has 0 spiro atoms. The van der Waals surface area contributed by atoms with Crippen molar-refractivity contribution in [1.29, 1.82) is 0 Å². The van der Waals surface area contributed by atoms with Gasteiger partial charge < -0.3 is 4.57 Å². The Kier molecular flexibility index (Phi) is 8.13. The molecule has 4 heterocycles. The van der Waals surface area contributed by atoms with E-state index in [2.05, 4.69) is 205 Å². The fourth-order valence-corrected chi connectivity index (χ4v) is 10.3. The molecule has 3 aromatic heterocycles. The van der Waals surface area contributed by atoms with Crippen LogP contribution in [0.3, 0.4) is 0 Å². The normalized spacial score (nSPS) is 14.3. The van der Waals surface area contributed by atoms with E-state index in [1.165, 1.54) is 47.4 Å². The van der Waals surface area contributed by atoms with Crippen molar-refractivity contribution in [2.45, 2.75) is 12.5 Å². The molecular weight excluding hydrogens is 749 g/mol. The van der Waals surface area contributed by atoms with Crippen LogP contribution in [0.2, 0.25) is 0 Å². The first kappa shape index (κ1) is 34.6. The number of para-hydroxylation sites is 2. The molecule has 0 saturated heterocycles. The van der Waals surface area contributed by atoms with Crippen molar-refractivity contribution in [3.05, 3.63) is 217 Å². The van der Waals surface area contributed by atoms with Gasteiger partial charge in [0.25, 0.3) is 0 Å². The SMILES string of the molecule is c1ccc(C2=NC(c3ccc(-c4ccc5c(c4)nc(-c4ccccc4)c4sc6ccccc6c45)cc3)=NC(c3cccc(-n4c5ccccc5c5ccccc54)c3)C2)cc1. The summed E-state index contributed by atoms with van der Waals surface area (Å²) in [5.74, 6) is 0.748. The number of hydrogen-bond donors (Lipinski definition) is 0. The van der Waals surface area contributed by atoms with Gasteiger partial charge in [-0.2, -0.15) is 0 Å². The van der Waals surface area contributed by atoms with Crippen LogP contribution in [0.4, 0.5) is 0 Å². The summed E-state index contributed by atoms with van der Waals surface area (Å²) in [4.78, 5) is 16.0. The average Bonchev–Trinajstić information content (AvgIpc) is 3.88. The highest BCUT2D eigenvalue weighted by molar-refractivity contribution is 7.26. The molecular formula is C55H36N4S. The summed E-state index contributed by atoms with van der Waals surface area (Å²) >= 11 is 1.83. The lowest BCUT2D eigenvalue weighted by Crippen LogP contribution is -2.17. The summed E-state index contributed by atoms with van der Waals surface area (Å²) in [5, 5.41) is 6.24. The Labute approximate surface area is 351 Å². The van der Waals surface area contributed by atoms with Crippen molar-refractivity contribution >= 4 is 75.8 Å². The highest BCUT2D eigenvalue weighted by Gasteiger charge is 2.23. The highest BCUT2D eigenvalue weighted by Crippen LogP contribution is 2.43. The zero-order chi connectivity index (χ0) is 39.6. The third-order valence-electron chi connectivity index (χ3n) is 11.9. The van der Waals surface area contributed by atoms with Gasteiger partial charge in [0.1, 0.15) is 0 Å². The number of pyridine rings is 1. The number of benzene rings is 8. The lowest BCUT2D eigenvalue weighted by Gasteiger charge is -2.22. The molecule has 282 valence electrons. The van der Waals surface area contributed by atoms with Gasteiger partial charge in [-0.15, -0.1) is 11.3 Å². The van der Waals surface area contributed by atoms with E-state index in [9.17, 15) is 0 Å². The van der Waals surface area contributed by atoms with Gasteiger partial charge in [0.15, 0.2) is 5.84 Å². The molecule has 12 rings (SSSR count). The Hall–Kier alpha value is -7.47. The molecule has 0 fully saturated rings. The van der Waals surface area contributed by atoms with Gasteiger partial charge in [-0.3, -0.25) is 4.99 Å². The Balaban J connectivity index is 0.937. The van der Waals surface area contributed by atoms with Crippen molar-refractivity contribution < 1.29 is 0 Å². The second kappa shape index (κ2) is 14.1. The molecule has 4 nitrogen and oxygen atoms in total. The number of aromatic nitrogens is 2. The van der Waals surface area contributed by atoms with Crippen LogP contribution in [0.1, 0.15) is 29.2 Å². The van der Waals surface area contributed by atoms with Gasteiger partial charge in [0, 0.05) is 54.9 Å². The van der Waals surface area contributed by atoms with Crippen molar-refractivity contribution in [3.8, 4) is 28.1 Å². The van der Waals surface area contributed by atoms with Gasteiger partial charge in [-0.1, -0.05) is 164 Å². The zero-order valence-corrected chi connectivity index (χ0v) is 33.4. The van der Waals surface area contributed by atoms with E-state index in [1.54, 1.807) is 0 Å². The standard InChI is InChI=1S/C55H36N4S/c1-3-14-36(15-4-1)46-34-47(40-18-13-19-41(32-40)59-49-23-10-7-20-42(49)43-21-8-11-24-50(43)59)58-55(57-46)38-28-26-35(27-29-38)39-30-31-44-48(33-39)56-53(37-16-5-2-6-17-37)54-52(44)45-22-9-12-25-51(45)60-54/h1-33,47H,34H2. The topological polar surface area (TPSA) is 42.5 Å². The van der Waals surface area contributed by atoms with Crippen molar-refractivity contribution in [3.63, 3.8) is 0 Å². The van der Waals surface area contributed by atoms with Gasteiger partial charge in [0.2, 0.25) is 0 Å². The minimum absolute atomic E-state index is 0.101. The summed E-state index contributed by atoms with van der Waals surface area (Å²) in [5.41, 5.74) is 13.2. The van der Waals surface area contributed by atoms with E-state index in [1.807, 2.05) is 11.3 Å². The molecule has 0 radical (unpaired) electrons. The number of nitrogens with zero attached hydrogens (tertiary/aromatic N) is 4. The highest BCUT2D eigenvalue weighted by atomic mass is 32.1. The molecule has 0 bridgehead atoms. The third kappa shape index (κ3) is 5.77. The molecule has 5 heteroatoms. The first-order valence-electron chi connectivity index (χ1n) is 20.4. The second-order valence-electron chi connectivity index (χ2n) is 15.5. The monoisotopic (exact) mass is 784 g/mol. The Morgan fingerprint density at radius 2 is 1.12 bits per heavy atom. The van der Waals surface area contributed by atoms with Crippen molar-refractivity contribution in [1.82, 2.24) is 9.55 Å². The molecule has 60 heavy (non-hydrogen) atoms. The molecule has 1 atom stereocenters. The number of rotatable bonds is 6. The minimum atomic E-state index is -0.101. The van der Waals surface area contributed by atoms with E-state index in [-0.39, 0.29) is 6.04 Å². The van der Waals surface area contributed by atoms with Crippen LogP contribution in [0.25, 0.3) is 81.0 Å². The van der Waals surface area contributed by atoms with E-state index >= 15 is 0 Å². The van der Waals surface area contributed by atoms with Crippen LogP contribution in [0.5, 0.6) is 0 Å². The molecule has 0 amide bonds. The van der Waals surface area contributed by atoms with Crippen LogP contribution in [0.15, 0.2) is 210 Å². The summed E-state index contributed by atoms with van der Waals surface area (Å²) in [6.45, 7) is 0. The fraction of sp³-hybridized carbons (Fsp3) is 0.0364. The van der Waals surface area contributed by atoms with Crippen LogP contribution < -0.4 is 0 Å². The molecule has 0 aliphatic carbocycles. The molecule has 0 N–H and O–H groups in total. The molecule has 8 aromatic carbocycles. The predicted molar refractivity (Wildman–Crippen MR) is 253 cm³/mol. The smallest absolute Gasteiger partial charge is 0.155 e. The maximum absolute atomic E-state index is 5.39. The van der Waals surface area contributed by atoms with Gasteiger partial charge >= 0.3 is 0 Å². The van der Waals surface area contributed by atoms with E-state index in [4.69, 9.17) is 15.0 Å². The summed E-state index contributed by atoms with van der Waals surface area (Å²) in [6.07, 6.45) is 0.712. The Bertz CT molecular complexity index is 3450. The number of fused-ring (bicyclic) bond motifs is 8. The predicted octanol–water partition coefficient (Wildman–Crippen LogP) is 14.4. The van der Waals surface area contributed by atoms with Crippen molar-refractivity contribution in [2.75, 3.05) is 0 Å². The lowest BCUT2D eigenvalue weighted by atomic mass is 9.95. The van der Waals surface area contributed by atoms with Crippen molar-refractivity contribution in [2.24, 2.45) is 9.98 Å². The molecule has 0 saturated carbocycles. The van der Waals surface area contributed by atoms with Crippen LogP contribution in [-0.2, 0) is 0 Å². The summed E-state index contributed by atoms with van der Waals surface area (Å²) in [7, 11) is 0. The molecule has 11 aromatic rings. The fourth-order valence-electron chi connectivity index (χ4n) is 9.06. The number of thiophene rings is 1. The number of hydrogen-bond acceptors (Lipinski definition) is 4. The van der Waals surface area contributed by atoms with Gasteiger partial charge in [0.05, 0.1) is 38.7 Å². The van der Waals surface area contributed by atoms with E-state index in [0.717, 1.165) is 61.8 Å². The van der Waals surface area contributed by atoms with Crippen LogP contribution in [0, 0.1) is 0 Å². The van der Waals surface area contributed by atoms with E-state index in [0.29, 0.717) is 6.42 Å². The number of amidine groups is 1. The second-order valence-corrected chi connectivity index (χ2v) is 16.6. The first-order chi connectivity index (χ1) is 29.7. The lowest BCUT2D eigenvalue weighted by molar-refractivity contribution is 0.752. The maximum Gasteiger partial charge on any atom is 0.155 e. The minimum Gasteiger partial charge on any atom is -0.309 e. The maximum atomic E-state index is 5.39. The number of aliphatic imine (C=N–C) groups is 2. The van der Waals surface area contributed by atoms with Crippen LogP contribution in [-0.4, -0.2) is 21.1 Å². The first-order valence-corrected chi connectivity index (χ1v) is 21.3. The van der Waals surface area contributed by atoms with Crippen LogP contribution >= 0.6 is 11.3 Å². The quantitative estimate of drug-likeness (QED) is 0.166. The van der Waals surface area contributed by atoms with E-state index < -0.39 is 0 Å².